The monoisotopic (exact) mass is 511 g/mol. The molecule has 7 nitrogen and oxygen atoms in total. The maximum Gasteiger partial charge on any atom is 0.161 e. The van der Waals surface area contributed by atoms with Gasteiger partial charge >= 0.3 is 0 Å². The number of hydrogen-bond donors (Lipinski definition) is 5. The largest absolute Gasteiger partial charge is 0.504 e. The number of nitrogens with one attached hydrogen (secondary N) is 3. The van der Waals surface area contributed by atoms with Crippen LogP contribution in [0.1, 0.15) is 80.8 Å². The Morgan fingerprint density at radius 3 is 2.51 bits per heavy atom. The summed E-state index contributed by atoms with van der Waals surface area (Å²) in [6, 6.07) is 11.8. The summed E-state index contributed by atoms with van der Waals surface area (Å²) in [5.74, 6) is 2.99. The molecule has 0 fully saturated rings. The van der Waals surface area contributed by atoms with Crippen LogP contribution in [0.2, 0.25) is 0 Å². The number of aliphatic hydroxyl groups excluding tert-OH is 1. The average molecular weight is 512 g/mol. The van der Waals surface area contributed by atoms with Crippen molar-refractivity contribution in [1.82, 2.24) is 15.6 Å². The van der Waals surface area contributed by atoms with Crippen LogP contribution in [0.15, 0.2) is 47.0 Å². The number of phenolic OH excluding ortho intramolecular Hbond substituents is 1. The number of ether oxygens (including phenoxy) is 1. The fourth-order valence-corrected chi connectivity index (χ4v) is 4.36. The topological polar surface area (TPSA) is 103 Å². The van der Waals surface area contributed by atoms with Crippen molar-refractivity contribution in [2.75, 3.05) is 26.2 Å². The third-order valence-corrected chi connectivity index (χ3v) is 6.60. The van der Waals surface area contributed by atoms with Gasteiger partial charge in [-0.25, -0.2) is 0 Å². The predicted octanol–water partition coefficient (Wildman–Crippen LogP) is 5.24. The van der Waals surface area contributed by atoms with Crippen LogP contribution in [0.3, 0.4) is 0 Å². The molecular formula is C30H45N3O4. The molecule has 0 aliphatic carbocycles. The van der Waals surface area contributed by atoms with Crippen molar-refractivity contribution >= 4 is 0 Å². The lowest BCUT2D eigenvalue weighted by atomic mass is 10.0. The number of phenols is 1. The molecule has 204 valence electrons. The summed E-state index contributed by atoms with van der Waals surface area (Å²) in [6.45, 7) is 10.8. The van der Waals surface area contributed by atoms with Crippen LogP contribution in [0.5, 0.6) is 11.5 Å². The molecule has 7 heteroatoms. The Hall–Kier alpha value is -2.74. The van der Waals surface area contributed by atoms with Crippen molar-refractivity contribution in [1.29, 1.82) is 0 Å². The van der Waals surface area contributed by atoms with Gasteiger partial charge in [-0.2, -0.15) is 0 Å². The zero-order valence-corrected chi connectivity index (χ0v) is 22.8. The number of hydrogen-bond acceptors (Lipinski definition) is 6. The second-order valence-corrected chi connectivity index (χ2v) is 9.99. The number of H-pyrrole nitrogens is 1. The van der Waals surface area contributed by atoms with Crippen molar-refractivity contribution in [3.8, 4) is 11.5 Å². The van der Waals surface area contributed by atoms with E-state index in [1.165, 1.54) is 5.56 Å². The van der Waals surface area contributed by atoms with Gasteiger partial charge < -0.3 is 35.0 Å². The van der Waals surface area contributed by atoms with Crippen LogP contribution in [-0.4, -0.2) is 47.5 Å². The highest BCUT2D eigenvalue weighted by Crippen LogP contribution is 2.29. The van der Waals surface area contributed by atoms with Gasteiger partial charge in [-0.3, -0.25) is 0 Å². The summed E-state index contributed by atoms with van der Waals surface area (Å²) in [6.07, 6.45) is 6.60. The van der Waals surface area contributed by atoms with Crippen LogP contribution < -0.4 is 15.4 Å². The lowest BCUT2D eigenvalue weighted by Crippen LogP contribution is -2.28. The van der Waals surface area contributed by atoms with Crippen molar-refractivity contribution in [3.05, 3.63) is 70.9 Å². The zero-order chi connectivity index (χ0) is 26.6. The van der Waals surface area contributed by atoms with E-state index >= 15 is 0 Å². The van der Waals surface area contributed by atoms with Crippen LogP contribution in [0.4, 0.5) is 0 Å². The lowest BCUT2D eigenvalue weighted by molar-refractivity contribution is 0.191. The third-order valence-electron chi connectivity index (χ3n) is 6.60. The van der Waals surface area contributed by atoms with Gasteiger partial charge in [0.05, 0.1) is 12.1 Å². The molecule has 2 aromatic heterocycles. The SMILES string of the molecule is CCCCc1ccc(CCc2ccc(O)c(OCC(NCC)c3cc(C(C)CNCC(C)O)c[nH]3)c2)o1. The number of benzene rings is 1. The van der Waals surface area contributed by atoms with Gasteiger partial charge in [-0.1, -0.05) is 33.3 Å². The van der Waals surface area contributed by atoms with Crippen LogP contribution in [-0.2, 0) is 19.3 Å². The summed E-state index contributed by atoms with van der Waals surface area (Å²) in [5.41, 5.74) is 3.35. The Morgan fingerprint density at radius 2 is 1.78 bits per heavy atom. The van der Waals surface area contributed by atoms with Crippen molar-refractivity contribution in [2.24, 2.45) is 0 Å². The molecule has 37 heavy (non-hydrogen) atoms. The third kappa shape index (κ3) is 9.26. The summed E-state index contributed by atoms with van der Waals surface area (Å²) in [4.78, 5) is 3.39. The molecule has 0 spiro atoms. The number of aromatic nitrogens is 1. The first-order valence-corrected chi connectivity index (χ1v) is 13.7. The first kappa shape index (κ1) is 28.8. The number of aliphatic hydroxyl groups is 1. The molecule has 5 N–H and O–H groups in total. The number of likely N-dealkylation sites (N-methyl/N-ethyl adjacent to an activating group) is 1. The van der Waals surface area contributed by atoms with E-state index in [2.05, 4.69) is 54.6 Å². The number of aromatic amines is 1. The molecule has 0 radical (unpaired) electrons. The van der Waals surface area contributed by atoms with E-state index in [9.17, 15) is 10.2 Å². The van der Waals surface area contributed by atoms with Gasteiger partial charge in [-0.05, 0) is 73.7 Å². The smallest absolute Gasteiger partial charge is 0.161 e. The Morgan fingerprint density at radius 1 is 1.00 bits per heavy atom. The number of aryl methyl sites for hydroxylation is 3. The molecule has 0 bridgehead atoms. The highest BCUT2D eigenvalue weighted by molar-refractivity contribution is 5.42. The second-order valence-electron chi connectivity index (χ2n) is 9.99. The highest BCUT2D eigenvalue weighted by Gasteiger charge is 2.17. The lowest BCUT2D eigenvalue weighted by Gasteiger charge is -2.18. The Bertz CT molecular complexity index is 1060. The fraction of sp³-hybridized carbons (Fsp3) is 0.533. The molecule has 3 rings (SSSR count). The normalized spacial score (nSPS) is 14.0. The van der Waals surface area contributed by atoms with Crippen LogP contribution in [0.25, 0.3) is 0 Å². The highest BCUT2D eigenvalue weighted by atomic mass is 16.5. The number of unbranched alkanes of at least 4 members (excludes halogenated alkanes) is 1. The number of aromatic hydroxyl groups is 1. The Kier molecular flexibility index (Phi) is 11.6. The van der Waals surface area contributed by atoms with Crippen molar-refractivity contribution in [3.63, 3.8) is 0 Å². The maximum absolute atomic E-state index is 10.4. The summed E-state index contributed by atoms with van der Waals surface area (Å²) in [7, 11) is 0. The molecule has 3 unspecified atom stereocenters. The second kappa shape index (κ2) is 14.9. The molecule has 0 aliphatic rings. The molecular weight excluding hydrogens is 466 g/mol. The molecule has 3 aromatic rings. The predicted molar refractivity (Wildman–Crippen MR) is 149 cm³/mol. The van der Waals surface area contributed by atoms with E-state index < -0.39 is 0 Å². The molecule has 3 atom stereocenters. The molecule has 0 amide bonds. The number of furan rings is 1. The quantitative estimate of drug-likeness (QED) is 0.170. The van der Waals surface area contributed by atoms with Crippen LogP contribution >= 0.6 is 0 Å². The standard InChI is InChI=1S/C30H45N3O4/c1-5-7-8-25-12-13-26(37-25)11-9-23-10-14-29(35)30(15-23)36-20-28(32-6-2)27-16-24(19-33-27)21(3)17-31-18-22(4)34/h10,12-16,19,21-22,28,31-35H,5-9,11,17-18,20H2,1-4H3. The Balaban J connectivity index is 1.57. The van der Waals surface area contributed by atoms with E-state index in [-0.39, 0.29) is 17.9 Å². The zero-order valence-electron chi connectivity index (χ0n) is 22.8. The summed E-state index contributed by atoms with van der Waals surface area (Å²) >= 11 is 0. The van der Waals surface area contributed by atoms with E-state index in [0.29, 0.717) is 24.8 Å². The molecule has 0 aliphatic heterocycles. The van der Waals surface area contributed by atoms with E-state index in [0.717, 1.165) is 68.0 Å². The summed E-state index contributed by atoms with van der Waals surface area (Å²) < 4.78 is 12.1. The van der Waals surface area contributed by atoms with Gasteiger partial charge in [0.2, 0.25) is 0 Å². The Labute approximate surface area is 221 Å². The molecule has 2 heterocycles. The van der Waals surface area contributed by atoms with Crippen molar-refractivity contribution < 1.29 is 19.4 Å². The number of rotatable bonds is 17. The average Bonchev–Trinajstić information content (AvgIpc) is 3.55. The van der Waals surface area contributed by atoms with Gasteiger partial charge in [-0.15, -0.1) is 0 Å². The van der Waals surface area contributed by atoms with E-state index in [1.807, 2.05) is 18.3 Å². The first-order chi connectivity index (χ1) is 17.9. The van der Waals surface area contributed by atoms with Crippen LogP contribution in [0, 0.1) is 0 Å². The van der Waals surface area contributed by atoms with Gasteiger partial charge in [0.15, 0.2) is 11.5 Å². The minimum atomic E-state index is -0.354. The molecule has 0 saturated heterocycles. The summed E-state index contributed by atoms with van der Waals surface area (Å²) in [5, 5.41) is 26.7. The fourth-order valence-electron chi connectivity index (χ4n) is 4.36. The van der Waals surface area contributed by atoms with E-state index in [1.54, 1.807) is 13.0 Å². The first-order valence-electron chi connectivity index (χ1n) is 13.7. The van der Waals surface area contributed by atoms with Gasteiger partial charge in [0.25, 0.3) is 0 Å². The molecule has 0 saturated carbocycles. The maximum atomic E-state index is 10.4. The minimum absolute atomic E-state index is 0.0379. The minimum Gasteiger partial charge on any atom is -0.504 e. The molecule has 1 aromatic carbocycles. The van der Waals surface area contributed by atoms with Gasteiger partial charge in [0, 0.05) is 37.8 Å². The van der Waals surface area contributed by atoms with E-state index in [4.69, 9.17) is 9.15 Å². The van der Waals surface area contributed by atoms with Crippen molar-refractivity contribution in [2.45, 2.75) is 77.9 Å². The van der Waals surface area contributed by atoms with Gasteiger partial charge in [0.1, 0.15) is 18.1 Å².